The van der Waals surface area contributed by atoms with E-state index in [0.29, 0.717) is 18.2 Å². The molecule has 2 aromatic rings. The number of nitrogens with two attached hydrogens (primary N) is 1. The zero-order chi connectivity index (χ0) is 20.8. The van der Waals surface area contributed by atoms with Crippen LogP contribution >= 0.6 is 0 Å². The van der Waals surface area contributed by atoms with E-state index in [1.165, 1.54) is 0 Å². The minimum Gasteiger partial charge on any atom is -0.496 e. The number of amides is 2. The van der Waals surface area contributed by atoms with Crippen molar-refractivity contribution in [2.24, 2.45) is 5.73 Å². The van der Waals surface area contributed by atoms with Crippen molar-refractivity contribution in [3.63, 3.8) is 0 Å². The van der Waals surface area contributed by atoms with Crippen molar-refractivity contribution in [3.05, 3.63) is 53.6 Å². The van der Waals surface area contributed by atoms with Gasteiger partial charge in [0.2, 0.25) is 12.3 Å². The molecule has 1 fully saturated rings. The van der Waals surface area contributed by atoms with Gasteiger partial charge in [-0.15, -0.1) is 0 Å². The van der Waals surface area contributed by atoms with Gasteiger partial charge in [0.05, 0.1) is 7.11 Å². The largest absolute Gasteiger partial charge is 0.496 e. The predicted octanol–water partition coefficient (Wildman–Crippen LogP) is 2.95. The fraction of sp³-hybridized carbons (Fsp3) is 0.391. The van der Waals surface area contributed by atoms with Crippen LogP contribution < -0.4 is 15.8 Å². The highest BCUT2D eigenvalue weighted by molar-refractivity contribution is 5.93. The Morgan fingerprint density at radius 3 is 2.34 bits per heavy atom. The van der Waals surface area contributed by atoms with E-state index in [2.05, 4.69) is 5.32 Å². The summed E-state index contributed by atoms with van der Waals surface area (Å²) >= 11 is 0. The van der Waals surface area contributed by atoms with Gasteiger partial charge in [-0.05, 0) is 68.1 Å². The van der Waals surface area contributed by atoms with Crippen LogP contribution in [0.25, 0.3) is 11.1 Å². The number of primary amides is 1. The minimum atomic E-state index is -0.443. The number of benzene rings is 2. The van der Waals surface area contributed by atoms with Crippen molar-refractivity contribution in [2.75, 3.05) is 14.2 Å². The fourth-order valence-corrected chi connectivity index (χ4v) is 4.05. The number of ether oxygens (including phenoxy) is 1. The van der Waals surface area contributed by atoms with Crippen LogP contribution in [0.3, 0.4) is 0 Å². The molecular weight excluding hydrogens is 366 g/mol. The smallest absolute Gasteiger partial charge is 0.248 e. The first-order chi connectivity index (χ1) is 14.0. The SMILES string of the molecule is CN[C@H]1CC[C@@H](N(C=O)Cc2cc(-c3ccc(C(N)=O)cc3)ccc2OC)CC1. The van der Waals surface area contributed by atoms with Crippen LogP contribution in [-0.4, -0.2) is 43.5 Å². The molecule has 6 heteroatoms. The van der Waals surface area contributed by atoms with Crippen LogP contribution in [0.1, 0.15) is 41.6 Å². The average Bonchev–Trinajstić information content (AvgIpc) is 2.77. The summed E-state index contributed by atoms with van der Waals surface area (Å²) < 4.78 is 5.54. The maximum Gasteiger partial charge on any atom is 0.248 e. The Morgan fingerprint density at radius 1 is 1.14 bits per heavy atom. The van der Waals surface area contributed by atoms with E-state index in [4.69, 9.17) is 10.5 Å². The number of methoxy groups -OCH3 is 1. The molecule has 6 nitrogen and oxygen atoms in total. The summed E-state index contributed by atoms with van der Waals surface area (Å²) in [6.07, 6.45) is 5.11. The Hall–Kier alpha value is -2.86. The van der Waals surface area contributed by atoms with Crippen molar-refractivity contribution < 1.29 is 14.3 Å². The van der Waals surface area contributed by atoms with Crippen molar-refractivity contribution in [2.45, 2.75) is 44.3 Å². The lowest BCUT2D eigenvalue weighted by Gasteiger charge is -2.35. The lowest BCUT2D eigenvalue weighted by Crippen LogP contribution is -2.40. The topological polar surface area (TPSA) is 84.7 Å². The normalized spacial score (nSPS) is 18.8. The molecule has 2 amide bonds. The summed E-state index contributed by atoms with van der Waals surface area (Å²) in [5, 5.41) is 3.33. The molecular formula is C23H29N3O3. The first-order valence-electron chi connectivity index (χ1n) is 10.0. The average molecular weight is 396 g/mol. The molecule has 0 unspecified atom stereocenters. The molecule has 1 aliphatic carbocycles. The highest BCUT2D eigenvalue weighted by Crippen LogP contribution is 2.30. The molecule has 1 aliphatic rings. The predicted molar refractivity (Wildman–Crippen MR) is 114 cm³/mol. The van der Waals surface area contributed by atoms with Crippen LogP contribution in [0, 0.1) is 0 Å². The molecule has 3 rings (SSSR count). The molecule has 2 aromatic carbocycles. The molecule has 0 radical (unpaired) electrons. The zero-order valence-corrected chi connectivity index (χ0v) is 17.1. The number of hydrogen-bond donors (Lipinski definition) is 2. The molecule has 0 bridgehead atoms. The molecule has 0 saturated heterocycles. The summed E-state index contributed by atoms with van der Waals surface area (Å²) in [6, 6.07) is 13.9. The van der Waals surface area contributed by atoms with Crippen molar-refractivity contribution in [1.29, 1.82) is 0 Å². The molecule has 3 N–H and O–H groups in total. The Bertz CT molecular complexity index is 843. The maximum absolute atomic E-state index is 11.8. The molecule has 0 aliphatic heterocycles. The van der Waals surface area contributed by atoms with Gasteiger partial charge < -0.3 is 20.7 Å². The quantitative estimate of drug-likeness (QED) is 0.673. The van der Waals surface area contributed by atoms with Crippen molar-refractivity contribution in [3.8, 4) is 16.9 Å². The molecule has 0 aromatic heterocycles. The van der Waals surface area contributed by atoms with Gasteiger partial charge in [0, 0.05) is 29.8 Å². The number of carbonyl (C=O) groups excluding carboxylic acids is 2. The fourth-order valence-electron chi connectivity index (χ4n) is 4.05. The Balaban J connectivity index is 1.81. The van der Waals surface area contributed by atoms with E-state index in [1.807, 2.05) is 42.3 Å². The highest BCUT2D eigenvalue weighted by atomic mass is 16.5. The summed E-state index contributed by atoms with van der Waals surface area (Å²) in [4.78, 5) is 25.0. The van der Waals surface area contributed by atoms with E-state index >= 15 is 0 Å². The number of hydrogen-bond acceptors (Lipinski definition) is 4. The van der Waals surface area contributed by atoms with Crippen molar-refractivity contribution in [1.82, 2.24) is 10.2 Å². The Labute approximate surface area is 172 Å². The van der Waals surface area contributed by atoms with Gasteiger partial charge in [0.15, 0.2) is 0 Å². The van der Waals surface area contributed by atoms with Gasteiger partial charge in [-0.25, -0.2) is 0 Å². The van der Waals surface area contributed by atoms with E-state index in [-0.39, 0.29) is 6.04 Å². The van der Waals surface area contributed by atoms with Crippen LogP contribution in [0.15, 0.2) is 42.5 Å². The van der Waals surface area contributed by atoms with Gasteiger partial charge in [0.1, 0.15) is 5.75 Å². The third-order valence-corrected chi connectivity index (χ3v) is 5.85. The van der Waals surface area contributed by atoms with Gasteiger partial charge in [-0.1, -0.05) is 18.2 Å². The second kappa shape index (κ2) is 9.56. The second-order valence-electron chi connectivity index (χ2n) is 7.54. The van der Waals surface area contributed by atoms with Gasteiger partial charge in [-0.2, -0.15) is 0 Å². The third kappa shape index (κ3) is 4.95. The summed E-state index contributed by atoms with van der Waals surface area (Å²) in [6.45, 7) is 0.509. The molecule has 0 heterocycles. The third-order valence-electron chi connectivity index (χ3n) is 5.85. The van der Waals surface area contributed by atoms with E-state index in [1.54, 1.807) is 19.2 Å². The number of rotatable bonds is 8. The van der Waals surface area contributed by atoms with Gasteiger partial charge in [0.25, 0.3) is 0 Å². The summed E-state index contributed by atoms with van der Waals surface area (Å²) in [5.41, 5.74) is 8.75. The molecule has 0 atom stereocenters. The van der Waals surface area contributed by atoms with Gasteiger partial charge >= 0.3 is 0 Å². The maximum atomic E-state index is 11.8. The van der Waals surface area contributed by atoms with Crippen LogP contribution in [0.4, 0.5) is 0 Å². The zero-order valence-electron chi connectivity index (χ0n) is 17.1. The summed E-state index contributed by atoms with van der Waals surface area (Å²) in [7, 11) is 3.64. The Morgan fingerprint density at radius 2 is 1.79 bits per heavy atom. The minimum absolute atomic E-state index is 0.250. The molecule has 154 valence electrons. The number of nitrogens with one attached hydrogen (secondary N) is 1. The summed E-state index contributed by atoms with van der Waals surface area (Å²) in [5.74, 6) is 0.319. The highest BCUT2D eigenvalue weighted by Gasteiger charge is 2.25. The Kier molecular flexibility index (Phi) is 6.88. The number of carbonyl (C=O) groups is 2. The van der Waals surface area contributed by atoms with Crippen LogP contribution in [0.5, 0.6) is 5.75 Å². The van der Waals surface area contributed by atoms with Crippen molar-refractivity contribution >= 4 is 12.3 Å². The molecule has 0 spiro atoms. The van der Waals surface area contributed by atoms with E-state index in [9.17, 15) is 9.59 Å². The van der Waals surface area contributed by atoms with Crippen LogP contribution in [-0.2, 0) is 11.3 Å². The second-order valence-corrected chi connectivity index (χ2v) is 7.54. The monoisotopic (exact) mass is 395 g/mol. The molecule has 1 saturated carbocycles. The molecule has 29 heavy (non-hydrogen) atoms. The van der Waals surface area contributed by atoms with Crippen LogP contribution in [0.2, 0.25) is 0 Å². The lowest BCUT2D eigenvalue weighted by atomic mass is 9.90. The van der Waals surface area contributed by atoms with E-state index in [0.717, 1.165) is 54.5 Å². The van der Waals surface area contributed by atoms with E-state index < -0.39 is 5.91 Å². The first-order valence-corrected chi connectivity index (χ1v) is 10.0. The number of nitrogens with zero attached hydrogens (tertiary/aromatic N) is 1. The van der Waals surface area contributed by atoms with Gasteiger partial charge in [-0.3, -0.25) is 9.59 Å². The lowest BCUT2D eigenvalue weighted by molar-refractivity contribution is -0.121. The first kappa shape index (κ1) is 20.9. The standard InChI is InChI=1S/C23H29N3O3/c1-25-20-8-10-21(11-9-20)26(15-27)14-19-13-18(7-12-22(19)29-2)16-3-5-17(6-4-16)23(24)28/h3-7,12-13,15,20-21,25H,8-11,14H2,1-2H3,(H2,24,28)/t20-,21+.